The number of hydrogen-bond donors (Lipinski definition) is 2. The van der Waals surface area contributed by atoms with E-state index in [1.165, 1.54) is 23.5 Å². The average molecular weight is 394 g/mol. The molecule has 1 aromatic carbocycles. The fourth-order valence-electron chi connectivity index (χ4n) is 1.93. The lowest BCUT2D eigenvalue weighted by Crippen LogP contribution is -2.32. The third-order valence-corrected chi connectivity index (χ3v) is 3.92. The molecule has 0 spiro atoms. The van der Waals surface area contributed by atoms with Crippen molar-refractivity contribution in [3.63, 3.8) is 0 Å². The molecule has 0 radical (unpaired) electrons. The highest BCUT2D eigenvalue weighted by Crippen LogP contribution is 2.15. The number of thiazole rings is 1. The molecule has 0 aliphatic heterocycles. The maximum absolute atomic E-state index is 12.9. The lowest BCUT2D eigenvalue weighted by Gasteiger charge is -2.04. The Bertz CT molecular complexity index is 608. The normalized spacial score (nSPS) is 9.75. The minimum absolute atomic E-state index is 0. The molecule has 134 valence electrons. The molecule has 0 unspecified atom stereocenters. The first-order valence-corrected chi connectivity index (χ1v) is 8.24. The molecule has 2 rings (SSSR count). The first kappa shape index (κ1) is 22.8. The van der Waals surface area contributed by atoms with Crippen LogP contribution in [-0.2, 0) is 6.42 Å². The zero-order chi connectivity index (χ0) is 15.8. The number of hydrogen-bond acceptors (Lipinski definition) is 4. The van der Waals surface area contributed by atoms with Gasteiger partial charge in [0.1, 0.15) is 11.5 Å². The maximum Gasteiger partial charge on any atom is 0.270 e. The molecule has 4 nitrogen and oxygen atoms in total. The second kappa shape index (κ2) is 12.2. The Morgan fingerprint density at radius 3 is 2.54 bits per heavy atom. The highest BCUT2D eigenvalue weighted by molar-refractivity contribution is 7.09. The molecular weight excluding hydrogens is 372 g/mol. The molecule has 24 heavy (non-hydrogen) atoms. The van der Waals surface area contributed by atoms with Gasteiger partial charge in [0.2, 0.25) is 0 Å². The van der Waals surface area contributed by atoms with E-state index in [0.29, 0.717) is 18.7 Å². The van der Waals surface area contributed by atoms with Crippen molar-refractivity contribution in [3.05, 3.63) is 51.7 Å². The quantitative estimate of drug-likeness (QED) is 0.675. The zero-order valence-electron chi connectivity index (χ0n) is 13.4. The molecule has 0 aliphatic rings. The fourth-order valence-corrected chi connectivity index (χ4v) is 2.74. The van der Waals surface area contributed by atoms with Crippen molar-refractivity contribution in [3.8, 4) is 0 Å². The summed E-state index contributed by atoms with van der Waals surface area (Å²) >= 11 is 1.44. The van der Waals surface area contributed by atoms with E-state index in [4.69, 9.17) is 0 Å². The first-order chi connectivity index (χ1) is 10.7. The Morgan fingerprint density at radius 1 is 1.17 bits per heavy atom. The SMILES string of the molecule is CCCNCCNC(=O)c1csc(Cc2ccc(F)cc2)n1.Cl.Cl. The Kier molecular flexibility index (Phi) is 11.6. The van der Waals surface area contributed by atoms with E-state index in [1.807, 2.05) is 0 Å². The van der Waals surface area contributed by atoms with Crippen molar-refractivity contribution in [1.29, 1.82) is 0 Å². The monoisotopic (exact) mass is 393 g/mol. The number of nitrogens with one attached hydrogen (secondary N) is 2. The van der Waals surface area contributed by atoms with Crippen LogP contribution in [0.1, 0.15) is 34.4 Å². The lowest BCUT2D eigenvalue weighted by atomic mass is 10.1. The lowest BCUT2D eigenvalue weighted by molar-refractivity contribution is 0.0949. The highest BCUT2D eigenvalue weighted by atomic mass is 35.5. The van der Waals surface area contributed by atoms with Gasteiger partial charge in [-0.3, -0.25) is 4.79 Å². The fraction of sp³-hybridized carbons (Fsp3) is 0.375. The molecule has 8 heteroatoms. The van der Waals surface area contributed by atoms with Gasteiger partial charge in [-0.15, -0.1) is 36.2 Å². The van der Waals surface area contributed by atoms with Crippen molar-refractivity contribution in [2.75, 3.05) is 19.6 Å². The van der Waals surface area contributed by atoms with E-state index in [0.717, 1.165) is 30.1 Å². The molecule has 1 amide bonds. The van der Waals surface area contributed by atoms with Gasteiger partial charge in [-0.1, -0.05) is 19.1 Å². The zero-order valence-corrected chi connectivity index (χ0v) is 15.8. The number of carbonyl (C=O) groups excluding carboxylic acids is 1. The summed E-state index contributed by atoms with van der Waals surface area (Å²) in [5, 5.41) is 8.66. The first-order valence-electron chi connectivity index (χ1n) is 7.37. The number of halogens is 3. The third kappa shape index (κ3) is 7.57. The summed E-state index contributed by atoms with van der Waals surface area (Å²) in [6.07, 6.45) is 1.68. The molecular formula is C16H22Cl2FN3OS. The number of aromatic nitrogens is 1. The van der Waals surface area contributed by atoms with Crippen molar-refractivity contribution in [2.24, 2.45) is 0 Å². The van der Waals surface area contributed by atoms with E-state index in [9.17, 15) is 9.18 Å². The predicted molar refractivity (Wildman–Crippen MR) is 101 cm³/mol. The smallest absolute Gasteiger partial charge is 0.270 e. The summed E-state index contributed by atoms with van der Waals surface area (Å²) in [6, 6.07) is 6.32. The van der Waals surface area contributed by atoms with Gasteiger partial charge < -0.3 is 10.6 Å². The maximum atomic E-state index is 12.9. The van der Waals surface area contributed by atoms with E-state index >= 15 is 0 Å². The van der Waals surface area contributed by atoms with Gasteiger partial charge >= 0.3 is 0 Å². The van der Waals surface area contributed by atoms with Gasteiger partial charge in [-0.25, -0.2) is 9.37 Å². The molecule has 0 saturated heterocycles. The summed E-state index contributed by atoms with van der Waals surface area (Å²) in [5.74, 6) is -0.403. The topological polar surface area (TPSA) is 54.0 Å². The van der Waals surface area contributed by atoms with Gasteiger partial charge in [-0.05, 0) is 30.7 Å². The molecule has 1 heterocycles. The standard InChI is InChI=1S/C16H20FN3OS.2ClH/c1-2-7-18-8-9-19-16(21)14-11-22-15(20-14)10-12-3-5-13(17)6-4-12;;/h3-6,11,18H,2,7-10H2,1H3,(H,19,21);2*1H. The van der Waals surface area contributed by atoms with Gasteiger partial charge in [0.25, 0.3) is 5.91 Å². The number of carbonyl (C=O) groups is 1. The van der Waals surface area contributed by atoms with Gasteiger partial charge in [0.05, 0.1) is 5.01 Å². The number of nitrogens with zero attached hydrogens (tertiary/aromatic N) is 1. The summed E-state index contributed by atoms with van der Waals surface area (Å²) in [4.78, 5) is 16.3. The van der Waals surface area contributed by atoms with Crippen LogP contribution >= 0.6 is 36.2 Å². The third-order valence-electron chi connectivity index (χ3n) is 3.07. The second-order valence-corrected chi connectivity index (χ2v) is 5.88. The minimum Gasteiger partial charge on any atom is -0.349 e. The summed E-state index contributed by atoms with van der Waals surface area (Å²) < 4.78 is 12.9. The Balaban J connectivity index is 0.00000264. The Labute approximate surface area is 158 Å². The van der Waals surface area contributed by atoms with Crippen molar-refractivity contribution in [1.82, 2.24) is 15.6 Å². The highest BCUT2D eigenvalue weighted by Gasteiger charge is 2.10. The second-order valence-electron chi connectivity index (χ2n) is 4.94. The van der Waals surface area contributed by atoms with E-state index in [1.54, 1.807) is 17.5 Å². The van der Waals surface area contributed by atoms with Crippen LogP contribution in [0.15, 0.2) is 29.6 Å². The summed E-state index contributed by atoms with van der Waals surface area (Å²) in [7, 11) is 0. The summed E-state index contributed by atoms with van der Waals surface area (Å²) in [5.41, 5.74) is 1.42. The molecule has 0 fully saturated rings. The average Bonchev–Trinajstić information content (AvgIpc) is 2.98. The van der Waals surface area contributed by atoms with Crippen LogP contribution in [-0.4, -0.2) is 30.5 Å². The van der Waals surface area contributed by atoms with Gasteiger partial charge in [0, 0.05) is 24.9 Å². The molecule has 1 aromatic heterocycles. The molecule has 0 aliphatic carbocycles. The van der Waals surface area contributed by atoms with Crippen LogP contribution < -0.4 is 10.6 Å². The molecule has 0 saturated carbocycles. The Morgan fingerprint density at radius 2 is 1.88 bits per heavy atom. The minimum atomic E-state index is -0.250. The predicted octanol–water partition coefficient (Wildman–Crippen LogP) is 3.45. The van der Waals surface area contributed by atoms with Crippen LogP contribution in [0.25, 0.3) is 0 Å². The Hall–Kier alpha value is -1.21. The number of rotatable bonds is 8. The van der Waals surface area contributed by atoms with Gasteiger partial charge in [-0.2, -0.15) is 0 Å². The molecule has 0 bridgehead atoms. The molecule has 2 aromatic rings. The van der Waals surface area contributed by atoms with Crippen molar-refractivity contribution < 1.29 is 9.18 Å². The molecule has 2 N–H and O–H groups in total. The van der Waals surface area contributed by atoms with Crippen molar-refractivity contribution in [2.45, 2.75) is 19.8 Å². The van der Waals surface area contributed by atoms with E-state index in [2.05, 4.69) is 22.5 Å². The van der Waals surface area contributed by atoms with Gasteiger partial charge in [0.15, 0.2) is 0 Å². The van der Waals surface area contributed by atoms with Crippen LogP contribution in [0.2, 0.25) is 0 Å². The molecule has 0 atom stereocenters. The summed E-state index contributed by atoms with van der Waals surface area (Å²) in [6.45, 7) is 4.40. The van der Waals surface area contributed by atoms with Crippen molar-refractivity contribution >= 4 is 42.1 Å². The number of benzene rings is 1. The van der Waals surface area contributed by atoms with Crippen LogP contribution in [0.4, 0.5) is 4.39 Å². The van der Waals surface area contributed by atoms with Crippen LogP contribution in [0, 0.1) is 5.82 Å². The van der Waals surface area contributed by atoms with E-state index in [-0.39, 0.29) is 36.5 Å². The van der Waals surface area contributed by atoms with Crippen LogP contribution in [0.3, 0.4) is 0 Å². The largest absolute Gasteiger partial charge is 0.349 e. The van der Waals surface area contributed by atoms with Crippen LogP contribution in [0.5, 0.6) is 0 Å². The number of amides is 1. The van der Waals surface area contributed by atoms with E-state index < -0.39 is 0 Å².